The number of ether oxygens (including phenoxy) is 1. The van der Waals surface area contributed by atoms with E-state index in [0.717, 1.165) is 12.8 Å². The molecule has 0 aromatic heterocycles. The first kappa shape index (κ1) is 11.0. The third-order valence-electron chi connectivity index (χ3n) is 2.29. The Bertz CT molecular complexity index is 223. The van der Waals surface area contributed by atoms with E-state index in [2.05, 4.69) is 5.32 Å². The van der Waals surface area contributed by atoms with E-state index in [0.29, 0.717) is 13.2 Å². The molecule has 2 unspecified atom stereocenters. The standard InChI is InChI=1S/C9H15NO4/c1-6(11)10-8(9(12)13)7-3-2-4-14-5-7/h7-8H,2-5H2,1H3,(H,10,11)(H,12,13). The van der Waals surface area contributed by atoms with E-state index >= 15 is 0 Å². The third kappa shape index (κ3) is 2.99. The van der Waals surface area contributed by atoms with E-state index in [1.165, 1.54) is 6.92 Å². The van der Waals surface area contributed by atoms with Crippen molar-refractivity contribution in [3.05, 3.63) is 0 Å². The van der Waals surface area contributed by atoms with E-state index in [9.17, 15) is 9.59 Å². The number of carboxylic acids is 1. The molecule has 1 fully saturated rings. The predicted octanol–water partition coefficient (Wildman–Crippen LogP) is 0.00230. The summed E-state index contributed by atoms with van der Waals surface area (Å²) < 4.78 is 5.18. The Hall–Kier alpha value is -1.10. The molecule has 5 heteroatoms. The Morgan fingerprint density at radius 3 is 2.71 bits per heavy atom. The number of hydrogen-bond acceptors (Lipinski definition) is 3. The van der Waals surface area contributed by atoms with Crippen LogP contribution >= 0.6 is 0 Å². The molecule has 14 heavy (non-hydrogen) atoms. The van der Waals surface area contributed by atoms with Crippen LogP contribution in [0.1, 0.15) is 19.8 Å². The van der Waals surface area contributed by atoms with Gasteiger partial charge in [-0.3, -0.25) is 4.79 Å². The summed E-state index contributed by atoms with van der Waals surface area (Å²) in [6.45, 7) is 2.42. The number of nitrogens with one attached hydrogen (secondary N) is 1. The maximum atomic E-state index is 10.9. The highest BCUT2D eigenvalue weighted by molar-refractivity contribution is 5.82. The quantitative estimate of drug-likeness (QED) is 0.674. The van der Waals surface area contributed by atoms with Crippen molar-refractivity contribution in [2.45, 2.75) is 25.8 Å². The van der Waals surface area contributed by atoms with Crippen LogP contribution in [0.15, 0.2) is 0 Å². The lowest BCUT2D eigenvalue weighted by molar-refractivity contribution is -0.144. The van der Waals surface area contributed by atoms with E-state index in [-0.39, 0.29) is 11.8 Å². The van der Waals surface area contributed by atoms with Crippen LogP contribution in [-0.2, 0) is 14.3 Å². The van der Waals surface area contributed by atoms with Gasteiger partial charge in [0.25, 0.3) is 0 Å². The maximum absolute atomic E-state index is 10.9. The van der Waals surface area contributed by atoms with Crippen molar-refractivity contribution in [3.63, 3.8) is 0 Å². The Kier molecular flexibility index (Phi) is 3.88. The van der Waals surface area contributed by atoms with Crippen LogP contribution in [0.2, 0.25) is 0 Å². The van der Waals surface area contributed by atoms with Crippen molar-refractivity contribution in [1.29, 1.82) is 0 Å². The second kappa shape index (κ2) is 4.95. The summed E-state index contributed by atoms with van der Waals surface area (Å²) in [6, 6.07) is -0.812. The zero-order chi connectivity index (χ0) is 10.6. The van der Waals surface area contributed by atoms with Gasteiger partial charge in [-0.05, 0) is 12.8 Å². The smallest absolute Gasteiger partial charge is 0.326 e. The fourth-order valence-corrected chi connectivity index (χ4v) is 1.63. The van der Waals surface area contributed by atoms with E-state index < -0.39 is 12.0 Å². The first-order valence-corrected chi connectivity index (χ1v) is 4.69. The monoisotopic (exact) mass is 201 g/mol. The molecule has 1 heterocycles. The number of amides is 1. The molecule has 1 aliphatic heterocycles. The molecule has 0 spiro atoms. The molecule has 0 radical (unpaired) electrons. The third-order valence-corrected chi connectivity index (χ3v) is 2.29. The van der Waals surface area contributed by atoms with Crippen molar-refractivity contribution in [1.82, 2.24) is 5.32 Å². The fourth-order valence-electron chi connectivity index (χ4n) is 1.63. The average Bonchev–Trinajstić information content (AvgIpc) is 2.15. The maximum Gasteiger partial charge on any atom is 0.326 e. The summed E-state index contributed by atoms with van der Waals surface area (Å²) in [4.78, 5) is 21.6. The molecule has 2 atom stereocenters. The second-order valence-corrected chi connectivity index (χ2v) is 3.49. The molecule has 80 valence electrons. The first-order valence-electron chi connectivity index (χ1n) is 4.69. The molecule has 0 aromatic rings. The van der Waals surface area contributed by atoms with Crippen LogP contribution in [0.5, 0.6) is 0 Å². The average molecular weight is 201 g/mol. The van der Waals surface area contributed by atoms with Crippen molar-refractivity contribution >= 4 is 11.9 Å². The van der Waals surface area contributed by atoms with E-state index in [1.54, 1.807) is 0 Å². The molecule has 2 N–H and O–H groups in total. The normalized spacial score (nSPS) is 23.9. The lowest BCUT2D eigenvalue weighted by Gasteiger charge is -2.27. The molecule has 1 rings (SSSR count). The Morgan fingerprint density at radius 1 is 1.57 bits per heavy atom. The fraction of sp³-hybridized carbons (Fsp3) is 0.778. The first-order chi connectivity index (χ1) is 6.61. The van der Waals surface area contributed by atoms with Gasteiger partial charge in [-0.25, -0.2) is 4.79 Å². The Morgan fingerprint density at radius 2 is 2.29 bits per heavy atom. The molecule has 1 saturated heterocycles. The molecule has 1 amide bonds. The summed E-state index contributed by atoms with van der Waals surface area (Å²) in [7, 11) is 0. The summed E-state index contributed by atoms with van der Waals surface area (Å²) in [6.07, 6.45) is 1.64. The molecule has 0 saturated carbocycles. The molecular weight excluding hydrogens is 186 g/mol. The number of hydrogen-bond donors (Lipinski definition) is 2. The van der Waals surface area contributed by atoms with Gasteiger partial charge in [-0.2, -0.15) is 0 Å². The van der Waals surface area contributed by atoms with Crippen LogP contribution in [0, 0.1) is 5.92 Å². The highest BCUT2D eigenvalue weighted by Gasteiger charge is 2.30. The number of carbonyl (C=O) groups excluding carboxylic acids is 1. The van der Waals surface area contributed by atoms with Gasteiger partial charge in [-0.15, -0.1) is 0 Å². The van der Waals surface area contributed by atoms with Crippen LogP contribution in [0.4, 0.5) is 0 Å². The lowest BCUT2D eigenvalue weighted by Crippen LogP contribution is -2.47. The summed E-state index contributed by atoms with van der Waals surface area (Å²) >= 11 is 0. The number of aliphatic carboxylic acids is 1. The van der Waals surface area contributed by atoms with Crippen molar-refractivity contribution in [2.24, 2.45) is 5.92 Å². The Labute approximate surface area is 82.4 Å². The van der Waals surface area contributed by atoms with Crippen LogP contribution in [-0.4, -0.2) is 36.2 Å². The van der Waals surface area contributed by atoms with Crippen LogP contribution < -0.4 is 5.32 Å². The molecular formula is C9H15NO4. The zero-order valence-corrected chi connectivity index (χ0v) is 8.16. The molecule has 5 nitrogen and oxygen atoms in total. The minimum absolute atomic E-state index is 0.106. The molecule has 1 aliphatic rings. The van der Waals surface area contributed by atoms with Crippen LogP contribution in [0.25, 0.3) is 0 Å². The topological polar surface area (TPSA) is 75.6 Å². The molecule has 0 bridgehead atoms. The Balaban J connectivity index is 2.56. The minimum atomic E-state index is -0.990. The van der Waals surface area contributed by atoms with E-state index in [4.69, 9.17) is 9.84 Å². The number of carbonyl (C=O) groups is 2. The summed E-state index contributed by atoms with van der Waals surface area (Å²) in [5.41, 5.74) is 0. The van der Waals surface area contributed by atoms with Gasteiger partial charge in [-0.1, -0.05) is 0 Å². The van der Waals surface area contributed by atoms with Crippen molar-refractivity contribution in [2.75, 3.05) is 13.2 Å². The second-order valence-electron chi connectivity index (χ2n) is 3.49. The molecule has 0 aromatic carbocycles. The SMILES string of the molecule is CC(=O)NC(C(=O)O)C1CCCOC1. The van der Waals surface area contributed by atoms with Gasteiger partial charge in [0.05, 0.1) is 6.61 Å². The zero-order valence-electron chi connectivity index (χ0n) is 8.16. The van der Waals surface area contributed by atoms with Gasteiger partial charge in [0.2, 0.25) is 5.91 Å². The lowest BCUT2D eigenvalue weighted by atomic mass is 9.94. The molecule has 0 aliphatic carbocycles. The van der Waals surface area contributed by atoms with Gasteiger partial charge >= 0.3 is 5.97 Å². The summed E-state index contributed by atoms with van der Waals surface area (Å²) in [5, 5.41) is 11.3. The van der Waals surface area contributed by atoms with E-state index in [1.807, 2.05) is 0 Å². The number of rotatable bonds is 3. The van der Waals surface area contributed by atoms with Gasteiger partial charge in [0, 0.05) is 19.4 Å². The highest BCUT2D eigenvalue weighted by atomic mass is 16.5. The van der Waals surface area contributed by atoms with Gasteiger partial charge in [0.1, 0.15) is 6.04 Å². The number of carboxylic acid groups (broad SMARTS) is 1. The van der Waals surface area contributed by atoms with Gasteiger partial charge in [0.15, 0.2) is 0 Å². The van der Waals surface area contributed by atoms with Crippen molar-refractivity contribution in [3.8, 4) is 0 Å². The van der Waals surface area contributed by atoms with Gasteiger partial charge < -0.3 is 15.2 Å². The highest BCUT2D eigenvalue weighted by Crippen LogP contribution is 2.17. The van der Waals surface area contributed by atoms with Crippen molar-refractivity contribution < 1.29 is 19.4 Å². The predicted molar refractivity (Wildman–Crippen MR) is 48.8 cm³/mol. The largest absolute Gasteiger partial charge is 0.480 e. The van der Waals surface area contributed by atoms with Crippen LogP contribution in [0.3, 0.4) is 0 Å². The summed E-state index contributed by atoms with van der Waals surface area (Å²) in [5.74, 6) is -1.41. The minimum Gasteiger partial charge on any atom is -0.480 e.